The van der Waals surface area contributed by atoms with Crippen LogP contribution in [0.2, 0.25) is 0 Å². The second-order valence-electron chi connectivity index (χ2n) is 5.23. The highest BCUT2D eigenvalue weighted by molar-refractivity contribution is 5.89. The minimum absolute atomic E-state index is 0.102. The average Bonchev–Trinajstić information content (AvgIpc) is 2.18. The summed E-state index contributed by atoms with van der Waals surface area (Å²) in [7, 11) is 0. The molecule has 0 aliphatic rings. The van der Waals surface area contributed by atoms with Gasteiger partial charge in [0.05, 0.1) is 0 Å². The molecular formula is C13H20N2O. The van der Waals surface area contributed by atoms with Crippen LogP contribution in [0, 0.1) is 12.3 Å². The molecule has 0 radical (unpaired) electrons. The number of carbonyl (C=O) groups excluding carboxylic acids is 1. The van der Waals surface area contributed by atoms with Crippen molar-refractivity contribution in [3.63, 3.8) is 0 Å². The molecule has 0 aliphatic heterocycles. The zero-order chi connectivity index (χ0) is 12.2. The number of amides is 2. The van der Waals surface area contributed by atoms with E-state index in [1.807, 2.05) is 31.2 Å². The largest absolute Gasteiger partial charge is 0.337 e. The van der Waals surface area contributed by atoms with Crippen molar-refractivity contribution in [2.75, 3.05) is 11.9 Å². The Hall–Kier alpha value is -1.51. The van der Waals surface area contributed by atoms with Crippen LogP contribution in [0.5, 0.6) is 0 Å². The lowest BCUT2D eigenvalue weighted by atomic mass is 9.97. The van der Waals surface area contributed by atoms with Crippen LogP contribution in [0.15, 0.2) is 24.3 Å². The van der Waals surface area contributed by atoms with Gasteiger partial charge in [0.25, 0.3) is 0 Å². The van der Waals surface area contributed by atoms with E-state index in [0.717, 1.165) is 5.69 Å². The van der Waals surface area contributed by atoms with Gasteiger partial charge < -0.3 is 10.6 Å². The molecule has 88 valence electrons. The van der Waals surface area contributed by atoms with Crippen molar-refractivity contribution >= 4 is 11.7 Å². The maximum absolute atomic E-state index is 11.5. The Morgan fingerprint density at radius 3 is 2.25 bits per heavy atom. The Morgan fingerprint density at radius 1 is 1.19 bits per heavy atom. The third-order valence-corrected chi connectivity index (χ3v) is 2.09. The summed E-state index contributed by atoms with van der Waals surface area (Å²) in [5.41, 5.74) is 2.10. The first kappa shape index (κ1) is 12.6. The number of carbonyl (C=O) groups is 1. The van der Waals surface area contributed by atoms with Gasteiger partial charge in [-0.15, -0.1) is 0 Å². The molecule has 0 atom stereocenters. The summed E-state index contributed by atoms with van der Waals surface area (Å²) in [4.78, 5) is 11.5. The molecule has 3 nitrogen and oxygen atoms in total. The molecule has 0 spiro atoms. The van der Waals surface area contributed by atoms with Gasteiger partial charge in [-0.3, -0.25) is 0 Å². The lowest BCUT2D eigenvalue weighted by Gasteiger charge is -2.18. The van der Waals surface area contributed by atoms with Gasteiger partial charge >= 0.3 is 6.03 Å². The first-order valence-electron chi connectivity index (χ1n) is 5.48. The number of aryl methyl sites for hydroxylation is 1. The topological polar surface area (TPSA) is 41.1 Å². The Morgan fingerprint density at radius 2 is 1.75 bits per heavy atom. The highest BCUT2D eigenvalue weighted by Crippen LogP contribution is 2.11. The van der Waals surface area contributed by atoms with Gasteiger partial charge in [0.15, 0.2) is 0 Å². The molecule has 2 N–H and O–H groups in total. The van der Waals surface area contributed by atoms with Crippen molar-refractivity contribution in [1.29, 1.82) is 0 Å². The molecule has 0 unspecified atom stereocenters. The quantitative estimate of drug-likeness (QED) is 0.789. The molecule has 0 aliphatic carbocycles. The van der Waals surface area contributed by atoms with Crippen molar-refractivity contribution in [3.05, 3.63) is 29.8 Å². The van der Waals surface area contributed by atoms with E-state index < -0.39 is 0 Å². The molecule has 1 rings (SSSR count). The number of hydrogen-bond acceptors (Lipinski definition) is 1. The molecule has 0 saturated carbocycles. The number of rotatable bonds is 2. The van der Waals surface area contributed by atoms with Gasteiger partial charge in [0.1, 0.15) is 0 Å². The number of nitrogens with one attached hydrogen (secondary N) is 2. The maximum atomic E-state index is 11.5. The first-order valence-corrected chi connectivity index (χ1v) is 5.48. The molecule has 0 fully saturated rings. The zero-order valence-corrected chi connectivity index (χ0v) is 10.4. The molecule has 16 heavy (non-hydrogen) atoms. The van der Waals surface area contributed by atoms with E-state index in [9.17, 15) is 4.79 Å². The number of anilines is 1. The van der Waals surface area contributed by atoms with E-state index in [2.05, 4.69) is 31.4 Å². The van der Waals surface area contributed by atoms with Gasteiger partial charge in [-0.25, -0.2) is 4.79 Å². The van der Waals surface area contributed by atoms with Gasteiger partial charge in [0.2, 0.25) is 0 Å². The molecule has 1 aromatic rings. The van der Waals surface area contributed by atoms with Crippen LogP contribution in [0.4, 0.5) is 10.5 Å². The highest BCUT2D eigenvalue weighted by atomic mass is 16.2. The summed E-state index contributed by atoms with van der Waals surface area (Å²) in [6.45, 7) is 8.92. The molecule has 0 saturated heterocycles. The maximum Gasteiger partial charge on any atom is 0.319 e. The van der Waals surface area contributed by atoms with Gasteiger partial charge in [-0.05, 0) is 24.5 Å². The highest BCUT2D eigenvalue weighted by Gasteiger charge is 2.11. The van der Waals surface area contributed by atoms with E-state index in [-0.39, 0.29) is 11.4 Å². The predicted molar refractivity (Wildman–Crippen MR) is 67.7 cm³/mol. The SMILES string of the molecule is Cc1ccc(NC(=O)NCC(C)(C)C)cc1. The van der Waals surface area contributed by atoms with Crippen LogP contribution in [-0.4, -0.2) is 12.6 Å². The summed E-state index contributed by atoms with van der Waals surface area (Å²) < 4.78 is 0. The van der Waals surface area contributed by atoms with Crippen LogP contribution in [0.3, 0.4) is 0 Å². The number of urea groups is 1. The Kier molecular flexibility index (Phi) is 3.93. The lowest BCUT2D eigenvalue weighted by Crippen LogP contribution is -2.35. The lowest BCUT2D eigenvalue weighted by molar-refractivity contribution is 0.247. The van der Waals surface area contributed by atoms with Crippen molar-refractivity contribution in [2.24, 2.45) is 5.41 Å². The van der Waals surface area contributed by atoms with Gasteiger partial charge in [-0.2, -0.15) is 0 Å². The Balaban J connectivity index is 2.43. The van der Waals surface area contributed by atoms with Crippen LogP contribution < -0.4 is 10.6 Å². The van der Waals surface area contributed by atoms with Crippen molar-refractivity contribution in [1.82, 2.24) is 5.32 Å². The molecule has 3 heteroatoms. The van der Waals surface area contributed by atoms with Crippen LogP contribution in [0.25, 0.3) is 0 Å². The van der Waals surface area contributed by atoms with E-state index in [1.165, 1.54) is 5.56 Å². The average molecular weight is 220 g/mol. The van der Waals surface area contributed by atoms with E-state index in [4.69, 9.17) is 0 Å². The number of benzene rings is 1. The zero-order valence-electron chi connectivity index (χ0n) is 10.4. The van der Waals surface area contributed by atoms with Crippen molar-refractivity contribution in [3.8, 4) is 0 Å². The van der Waals surface area contributed by atoms with Crippen LogP contribution in [-0.2, 0) is 0 Å². The smallest absolute Gasteiger partial charge is 0.319 e. The molecule has 1 aromatic carbocycles. The third-order valence-electron chi connectivity index (χ3n) is 2.09. The molecular weight excluding hydrogens is 200 g/mol. The summed E-state index contributed by atoms with van der Waals surface area (Å²) in [6.07, 6.45) is 0. The van der Waals surface area contributed by atoms with E-state index in [1.54, 1.807) is 0 Å². The Bertz CT molecular complexity index is 349. The van der Waals surface area contributed by atoms with Crippen molar-refractivity contribution < 1.29 is 4.79 Å². The molecule has 0 bridgehead atoms. The fourth-order valence-corrected chi connectivity index (χ4v) is 1.16. The van der Waals surface area contributed by atoms with Gasteiger partial charge in [-0.1, -0.05) is 38.5 Å². The minimum Gasteiger partial charge on any atom is -0.337 e. The first-order chi connectivity index (χ1) is 7.37. The second kappa shape index (κ2) is 5.01. The van der Waals surface area contributed by atoms with Crippen LogP contribution in [0.1, 0.15) is 26.3 Å². The normalized spacial score (nSPS) is 11.0. The summed E-state index contributed by atoms with van der Waals surface area (Å²) >= 11 is 0. The Labute approximate surface area is 97.2 Å². The molecule has 2 amide bonds. The van der Waals surface area contributed by atoms with E-state index >= 15 is 0 Å². The summed E-state index contributed by atoms with van der Waals surface area (Å²) in [5, 5.41) is 5.63. The number of hydrogen-bond donors (Lipinski definition) is 2. The van der Waals surface area contributed by atoms with Crippen LogP contribution >= 0.6 is 0 Å². The second-order valence-corrected chi connectivity index (χ2v) is 5.23. The fourth-order valence-electron chi connectivity index (χ4n) is 1.16. The van der Waals surface area contributed by atoms with E-state index in [0.29, 0.717) is 6.54 Å². The standard InChI is InChI=1S/C13H20N2O/c1-10-5-7-11(8-6-10)15-12(16)14-9-13(2,3)4/h5-8H,9H2,1-4H3,(H2,14,15,16). The van der Waals surface area contributed by atoms with Crippen molar-refractivity contribution in [2.45, 2.75) is 27.7 Å². The minimum atomic E-state index is -0.154. The summed E-state index contributed by atoms with van der Waals surface area (Å²) in [6, 6.07) is 7.58. The monoisotopic (exact) mass is 220 g/mol. The summed E-state index contributed by atoms with van der Waals surface area (Å²) in [5.74, 6) is 0. The van der Waals surface area contributed by atoms with Gasteiger partial charge in [0, 0.05) is 12.2 Å². The predicted octanol–water partition coefficient (Wildman–Crippen LogP) is 3.16. The molecule has 0 aromatic heterocycles. The molecule has 0 heterocycles. The third kappa shape index (κ3) is 4.82. The fraction of sp³-hybridized carbons (Fsp3) is 0.462.